The first kappa shape index (κ1) is 13.6. The summed E-state index contributed by atoms with van der Waals surface area (Å²) in [6, 6.07) is 12.3. The maximum atomic E-state index is 13.2. The number of rotatable bonds is 2. The van der Waals surface area contributed by atoms with Crippen LogP contribution in [0, 0.1) is 11.6 Å². The molecule has 0 saturated carbocycles. The molecular formula is C17H12F2N4. The summed E-state index contributed by atoms with van der Waals surface area (Å²) in [5.74, 6) is 0.00815. The highest BCUT2D eigenvalue weighted by Crippen LogP contribution is 2.31. The number of fused-ring (bicyclic) bond motifs is 1. The molecule has 0 fully saturated rings. The molecule has 0 aliphatic carbocycles. The molecule has 0 saturated heterocycles. The average molecular weight is 310 g/mol. The van der Waals surface area contributed by atoms with Gasteiger partial charge in [0.15, 0.2) is 0 Å². The van der Waals surface area contributed by atoms with Crippen molar-refractivity contribution in [2.75, 3.05) is 5.32 Å². The highest BCUT2D eigenvalue weighted by atomic mass is 19.1. The van der Waals surface area contributed by atoms with Crippen LogP contribution in [0.15, 0.2) is 60.9 Å². The zero-order chi connectivity index (χ0) is 15.8. The number of halogens is 2. The molecule has 1 aliphatic heterocycles. The molecule has 1 N–H and O–H groups in total. The molecule has 2 heterocycles. The van der Waals surface area contributed by atoms with E-state index < -0.39 is 0 Å². The lowest BCUT2D eigenvalue weighted by Gasteiger charge is -2.24. The van der Waals surface area contributed by atoms with Gasteiger partial charge in [-0.1, -0.05) is 12.1 Å². The summed E-state index contributed by atoms with van der Waals surface area (Å²) in [7, 11) is 0. The Balaban J connectivity index is 1.79. The second kappa shape index (κ2) is 5.31. The summed E-state index contributed by atoms with van der Waals surface area (Å²) in [5, 5.41) is 7.40. The number of allylic oxidation sites excluding steroid dienone is 1. The molecule has 0 radical (unpaired) electrons. The Bertz CT molecular complexity index is 866. The highest BCUT2D eigenvalue weighted by molar-refractivity contribution is 5.77. The van der Waals surface area contributed by atoms with E-state index in [-0.39, 0.29) is 17.7 Å². The van der Waals surface area contributed by atoms with Gasteiger partial charge >= 0.3 is 0 Å². The fourth-order valence-electron chi connectivity index (χ4n) is 2.63. The third-order valence-electron chi connectivity index (χ3n) is 3.77. The Kier molecular flexibility index (Phi) is 3.15. The maximum absolute atomic E-state index is 13.2. The normalized spacial score (nSPS) is 16.4. The van der Waals surface area contributed by atoms with Gasteiger partial charge in [-0.25, -0.2) is 13.5 Å². The van der Waals surface area contributed by atoms with E-state index in [1.165, 1.54) is 30.6 Å². The van der Waals surface area contributed by atoms with Crippen molar-refractivity contribution < 1.29 is 8.78 Å². The summed E-state index contributed by atoms with van der Waals surface area (Å²) < 4.78 is 28.0. The number of hydrogen-bond acceptors (Lipinski definition) is 3. The molecular weight excluding hydrogens is 298 g/mol. The minimum atomic E-state index is -0.289. The van der Waals surface area contributed by atoms with Crippen molar-refractivity contribution in [3.63, 3.8) is 0 Å². The number of hydrogen-bond donors (Lipinski definition) is 1. The van der Waals surface area contributed by atoms with Crippen LogP contribution in [0.4, 0.5) is 14.7 Å². The molecule has 4 rings (SSSR count). The van der Waals surface area contributed by atoms with Crippen LogP contribution >= 0.6 is 0 Å². The van der Waals surface area contributed by atoms with Crippen LogP contribution in [-0.2, 0) is 0 Å². The lowest BCUT2D eigenvalue weighted by Crippen LogP contribution is -2.20. The molecule has 0 bridgehead atoms. The van der Waals surface area contributed by atoms with Gasteiger partial charge in [0.2, 0.25) is 5.95 Å². The van der Waals surface area contributed by atoms with Crippen LogP contribution in [0.25, 0.3) is 5.70 Å². The van der Waals surface area contributed by atoms with Gasteiger partial charge in [0.25, 0.3) is 0 Å². The SMILES string of the molecule is Fc1ccc(C2=CC(c3ccc(F)cc3)n3ncnc3N2)cc1. The van der Waals surface area contributed by atoms with E-state index in [0.29, 0.717) is 5.95 Å². The molecule has 114 valence electrons. The van der Waals surface area contributed by atoms with E-state index in [9.17, 15) is 8.78 Å². The molecule has 6 heteroatoms. The molecule has 23 heavy (non-hydrogen) atoms. The van der Waals surface area contributed by atoms with E-state index in [1.807, 2.05) is 6.08 Å². The summed E-state index contributed by atoms with van der Waals surface area (Å²) in [6.07, 6.45) is 3.42. The van der Waals surface area contributed by atoms with E-state index >= 15 is 0 Å². The van der Waals surface area contributed by atoms with Crippen molar-refractivity contribution in [2.45, 2.75) is 6.04 Å². The minimum Gasteiger partial charge on any atom is -0.324 e. The fraction of sp³-hybridized carbons (Fsp3) is 0.0588. The molecule has 3 aromatic rings. The molecule has 1 aliphatic rings. The highest BCUT2D eigenvalue weighted by Gasteiger charge is 2.23. The second-order valence-electron chi connectivity index (χ2n) is 5.24. The number of anilines is 1. The first-order chi connectivity index (χ1) is 11.2. The maximum Gasteiger partial charge on any atom is 0.226 e. The van der Waals surface area contributed by atoms with Crippen LogP contribution in [0.3, 0.4) is 0 Å². The first-order valence-electron chi connectivity index (χ1n) is 7.10. The van der Waals surface area contributed by atoms with Gasteiger partial charge in [-0.3, -0.25) is 0 Å². The van der Waals surface area contributed by atoms with Gasteiger partial charge in [0.05, 0.1) is 0 Å². The van der Waals surface area contributed by atoms with E-state index in [2.05, 4.69) is 15.4 Å². The van der Waals surface area contributed by atoms with Gasteiger partial charge < -0.3 is 5.32 Å². The quantitative estimate of drug-likeness (QED) is 0.786. The Morgan fingerprint density at radius 3 is 2.26 bits per heavy atom. The van der Waals surface area contributed by atoms with Crippen LogP contribution in [0.2, 0.25) is 0 Å². The van der Waals surface area contributed by atoms with Crippen molar-refractivity contribution in [1.82, 2.24) is 14.8 Å². The number of aromatic nitrogens is 3. The van der Waals surface area contributed by atoms with Crippen LogP contribution in [-0.4, -0.2) is 14.8 Å². The molecule has 2 aromatic carbocycles. The lowest BCUT2D eigenvalue weighted by atomic mass is 10.0. The van der Waals surface area contributed by atoms with Gasteiger partial charge in [-0.05, 0) is 53.6 Å². The zero-order valence-corrected chi connectivity index (χ0v) is 11.9. The largest absolute Gasteiger partial charge is 0.324 e. The Morgan fingerprint density at radius 1 is 0.913 bits per heavy atom. The minimum absolute atomic E-state index is 0.214. The van der Waals surface area contributed by atoms with Crippen LogP contribution in [0.1, 0.15) is 17.2 Å². The molecule has 0 amide bonds. The summed E-state index contributed by atoms with van der Waals surface area (Å²) in [6.45, 7) is 0. The van der Waals surface area contributed by atoms with Crippen molar-refractivity contribution >= 4 is 11.6 Å². The van der Waals surface area contributed by atoms with E-state index in [1.54, 1.807) is 28.9 Å². The topological polar surface area (TPSA) is 42.7 Å². The Labute approximate surface area is 131 Å². The summed E-state index contributed by atoms with van der Waals surface area (Å²) in [4.78, 5) is 4.20. The predicted octanol–water partition coefficient (Wildman–Crippen LogP) is 3.61. The standard InChI is InChI=1S/C17H12F2N4/c18-13-5-1-11(2-6-13)15-9-16(12-3-7-14(19)8-4-12)23-17(22-15)20-10-21-23/h1-10,16H,(H,20,21,22). The molecule has 0 spiro atoms. The van der Waals surface area contributed by atoms with Gasteiger partial charge in [0, 0.05) is 5.70 Å². The average Bonchev–Trinajstić information content (AvgIpc) is 3.04. The second-order valence-corrected chi connectivity index (χ2v) is 5.24. The number of benzene rings is 2. The van der Waals surface area contributed by atoms with Gasteiger partial charge in [-0.15, -0.1) is 0 Å². The molecule has 4 nitrogen and oxygen atoms in total. The van der Waals surface area contributed by atoms with Crippen molar-refractivity contribution in [3.05, 3.63) is 83.7 Å². The van der Waals surface area contributed by atoms with Crippen LogP contribution < -0.4 is 5.32 Å². The van der Waals surface area contributed by atoms with Gasteiger partial charge in [-0.2, -0.15) is 10.1 Å². The molecule has 1 aromatic heterocycles. The third-order valence-corrected chi connectivity index (χ3v) is 3.77. The smallest absolute Gasteiger partial charge is 0.226 e. The zero-order valence-electron chi connectivity index (χ0n) is 11.9. The number of nitrogens with one attached hydrogen (secondary N) is 1. The van der Waals surface area contributed by atoms with Crippen molar-refractivity contribution in [2.24, 2.45) is 0 Å². The van der Waals surface area contributed by atoms with Crippen LogP contribution in [0.5, 0.6) is 0 Å². The first-order valence-corrected chi connectivity index (χ1v) is 7.10. The summed E-state index contributed by atoms with van der Waals surface area (Å²) in [5.41, 5.74) is 2.53. The van der Waals surface area contributed by atoms with Crippen molar-refractivity contribution in [1.29, 1.82) is 0 Å². The number of nitrogens with zero attached hydrogens (tertiary/aromatic N) is 3. The van der Waals surface area contributed by atoms with E-state index in [0.717, 1.165) is 16.8 Å². The predicted molar refractivity (Wildman–Crippen MR) is 82.6 cm³/mol. The molecule has 1 unspecified atom stereocenters. The fourth-order valence-corrected chi connectivity index (χ4v) is 2.63. The lowest BCUT2D eigenvalue weighted by molar-refractivity contribution is 0.603. The Hall–Kier alpha value is -3.02. The van der Waals surface area contributed by atoms with E-state index in [4.69, 9.17) is 0 Å². The van der Waals surface area contributed by atoms with Gasteiger partial charge in [0.1, 0.15) is 24.0 Å². The summed E-state index contributed by atoms with van der Waals surface area (Å²) >= 11 is 0. The molecule has 1 atom stereocenters. The van der Waals surface area contributed by atoms with Crippen molar-refractivity contribution in [3.8, 4) is 0 Å². The Morgan fingerprint density at radius 2 is 1.57 bits per heavy atom. The monoisotopic (exact) mass is 310 g/mol. The third kappa shape index (κ3) is 2.48.